The maximum absolute atomic E-state index is 6.16. The maximum Gasteiger partial charge on any atom is 0.161 e. The SMILES string of the molecule is COc1cc2cc(Cl)nc(-c3ccccc3)c2cc1OC. The van der Waals surface area contributed by atoms with E-state index in [9.17, 15) is 0 Å². The molecule has 0 spiro atoms. The molecule has 0 atom stereocenters. The zero-order valence-corrected chi connectivity index (χ0v) is 12.5. The number of halogens is 1. The van der Waals surface area contributed by atoms with Crippen molar-refractivity contribution >= 4 is 22.4 Å². The molecule has 106 valence electrons. The smallest absolute Gasteiger partial charge is 0.161 e. The zero-order chi connectivity index (χ0) is 14.8. The molecule has 2 aromatic carbocycles. The summed E-state index contributed by atoms with van der Waals surface area (Å²) >= 11 is 6.16. The van der Waals surface area contributed by atoms with Gasteiger partial charge in [-0.25, -0.2) is 4.98 Å². The second kappa shape index (κ2) is 5.62. The van der Waals surface area contributed by atoms with Crippen molar-refractivity contribution in [2.75, 3.05) is 14.2 Å². The molecule has 0 radical (unpaired) electrons. The van der Waals surface area contributed by atoms with Crippen molar-refractivity contribution in [2.24, 2.45) is 0 Å². The van der Waals surface area contributed by atoms with Crippen LogP contribution in [0.1, 0.15) is 0 Å². The molecule has 0 fully saturated rings. The highest BCUT2D eigenvalue weighted by Crippen LogP contribution is 2.37. The number of ether oxygens (including phenoxy) is 2. The third-order valence-electron chi connectivity index (χ3n) is 3.35. The minimum Gasteiger partial charge on any atom is -0.493 e. The van der Waals surface area contributed by atoms with Crippen LogP contribution in [0.3, 0.4) is 0 Å². The predicted molar refractivity (Wildman–Crippen MR) is 85.3 cm³/mol. The lowest BCUT2D eigenvalue weighted by molar-refractivity contribution is 0.356. The number of rotatable bonds is 3. The van der Waals surface area contributed by atoms with Gasteiger partial charge >= 0.3 is 0 Å². The van der Waals surface area contributed by atoms with Gasteiger partial charge in [-0.1, -0.05) is 41.9 Å². The van der Waals surface area contributed by atoms with Crippen LogP contribution in [-0.2, 0) is 0 Å². The molecular weight excluding hydrogens is 286 g/mol. The van der Waals surface area contributed by atoms with Gasteiger partial charge in [0.15, 0.2) is 11.5 Å². The van der Waals surface area contributed by atoms with E-state index < -0.39 is 0 Å². The molecule has 1 aromatic heterocycles. The minimum absolute atomic E-state index is 0.452. The van der Waals surface area contributed by atoms with Gasteiger partial charge in [0.2, 0.25) is 0 Å². The first-order valence-corrected chi connectivity index (χ1v) is 6.88. The first-order chi connectivity index (χ1) is 10.2. The summed E-state index contributed by atoms with van der Waals surface area (Å²) < 4.78 is 10.7. The van der Waals surface area contributed by atoms with Crippen LogP contribution in [0.5, 0.6) is 11.5 Å². The molecule has 4 heteroatoms. The summed E-state index contributed by atoms with van der Waals surface area (Å²) in [6.07, 6.45) is 0. The minimum atomic E-state index is 0.452. The van der Waals surface area contributed by atoms with Crippen LogP contribution >= 0.6 is 11.6 Å². The van der Waals surface area contributed by atoms with Gasteiger partial charge in [0.25, 0.3) is 0 Å². The van der Waals surface area contributed by atoms with Crippen LogP contribution in [-0.4, -0.2) is 19.2 Å². The topological polar surface area (TPSA) is 31.4 Å². The average Bonchev–Trinajstić information content (AvgIpc) is 2.53. The number of hydrogen-bond donors (Lipinski definition) is 0. The number of methoxy groups -OCH3 is 2. The Labute approximate surface area is 128 Å². The number of nitrogens with zero attached hydrogens (tertiary/aromatic N) is 1. The van der Waals surface area contributed by atoms with E-state index in [1.165, 1.54) is 0 Å². The van der Waals surface area contributed by atoms with E-state index in [0.717, 1.165) is 22.0 Å². The number of aromatic nitrogens is 1. The second-order valence-electron chi connectivity index (χ2n) is 4.59. The average molecular weight is 300 g/mol. The normalized spacial score (nSPS) is 10.6. The molecule has 0 N–H and O–H groups in total. The van der Waals surface area contributed by atoms with E-state index in [2.05, 4.69) is 4.98 Å². The van der Waals surface area contributed by atoms with Crippen molar-refractivity contribution in [3.8, 4) is 22.8 Å². The molecule has 3 rings (SSSR count). The fourth-order valence-corrected chi connectivity index (χ4v) is 2.56. The molecule has 0 unspecified atom stereocenters. The summed E-state index contributed by atoms with van der Waals surface area (Å²) in [4.78, 5) is 4.47. The molecule has 1 heterocycles. The van der Waals surface area contributed by atoms with Crippen LogP contribution in [0.15, 0.2) is 48.5 Å². The number of fused-ring (bicyclic) bond motifs is 1. The van der Waals surface area contributed by atoms with Gasteiger partial charge in [-0.15, -0.1) is 0 Å². The summed E-state index contributed by atoms with van der Waals surface area (Å²) in [5, 5.41) is 2.39. The van der Waals surface area contributed by atoms with Crippen molar-refractivity contribution in [3.05, 3.63) is 53.7 Å². The van der Waals surface area contributed by atoms with Crippen LogP contribution in [0.25, 0.3) is 22.0 Å². The fraction of sp³-hybridized carbons (Fsp3) is 0.118. The Bertz CT molecular complexity index is 788. The Morgan fingerprint density at radius 2 is 1.57 bits per heavy atom. The van der Waals surface area contributed by atoms with E-state index in [1.54, 1.807) is 14.2 Å². The lowest BCUT2D eigenvalue weighted by atomic mass is 10.0. The predicted octanol–water partition coefficient (Wildman–Crippen LogP) is 4.57. The second-order valence-corrected chi connectivity index (χ2v) is 4.98. The molecule has 0 saturated carbocycles. The van der Waals surface area contributed by atoms with Gasteiger partial charge in [0, 0.05) is 10.9 Å². The molecule has 0 aliphatic rings. The molecule has 0 aliphatic heterocycles. The Hall–Kier alpha value is -2.26. The van der Waals surface area contributed by atoms with Crippen LogP contribution in [0.4, 0.5) is 0 Å². The van der Waals surface area contributed by atoms with Gasteiger partial charge in [-0.3, -0.25) is 0 Å². The summed E-state index contributed by atoms with van der Waals surface area (Å²) in [7, 11) is 3.24. The van der Waals surface area contributed by atoms with Gasteiger partial charge in [-0.2, -0.15) is 0 Å². The molecule has 3 nitrogen and oxygen atoms in total. The number of benzene rings is 2. The molecular formula is C17H14ClNO2. The molecule has 0 aliphatic carbocycles. The van der Waals surface area contributed by atoms with Crippen LogP contribution in [0, 0.1) is 0 Å². The third kappa shape index (κ3) is 2.52. The standard InChI is InChI=1S/C17H14ClNO2/c1-20-14-8-12-9-16(18)19-17(11-6-4-3-5-7-11)13(12)10-15(14)21-2/h3-10H,1-2H3. The molecule has 0 saturated heterocycles. The molecule has 3 aromatic rings. The van der Waals surface area contributed by atoms with Crippen molar-refractivity contribution in [1.82, 2.24) is 4.98 Å². The lowest BCUT2D eigenvalue weighted by Crippen LogP contribution is -1.93. The molecule has 0 bridgehead atoms. The summed E-state index contributed by atoms with van der Waals surface area (Å²) in [6.45, 7) is 0. The number of pyridine rings is 1. The highest BCUT2D eigenvalue weighted by Gasteiger charge is 2.12. The highest BCUT2D eigenvalue weighted by atomic mass is 35.5. The zero-order valence-electron chi connectivity index (χ0n) is 11.8. The van der Waals surface area contributed by atoms with Gasteiger partial charge < -0.3 is 9.47 Å². The summed E-state index contributed by atoms with van der Waals surface area (Å²) in [5.41, 5.74) is 1.84. The summed E-state index contributed by atoms with van der Waals surface area (Å²) in [6, 6.07) is 15.6. The van der Waals surface area contributed by atoms with E-state index in [1.807, 2.05) is 48.5 Å². The number of hydrogen-bond acceptors (Lipinski definition) is 3. The fourth-order valence-electron chi connectivity index (χ4n) is 2.36. The first-order valence-electron chi connectivity index (χ1n) is 6.50. The monoisotopic (exact) mass is 299 g/mol. The summed E-state index contributed by atoms with van der Waals surface area (Å²) in [5.74, 6) is 1.34. The molecule has 0 amide bonds. The highest BCUT2D eigenvalue weighted by molar-refractivity contribution is 6.30. The Morgan fingerprint density at radius 1 is 0.905 bits per heavy atom. The Balaban J connectivity index is 2.34. The van der Waals surface area contributed by atoms with Gasteiger partial charge in [0.1, 0.15) is 5.15 Å². The van der Waals surface area contributed by atoms with Crippen LogP contribution in [0.2, 0.25) is 5.15 Å². The van der Waals surface area contributed by atoms with E-state index >= 15 is 0 Å². The Morgan fingerprint density at radius 3 is 2.24 bits per heavy atom. The van der Waals surface area contributed by atoms with Crippen molar-refractivity contribution in [3.63, 3.8) is 0 Å². The van der Waals surface area contributed by atoms with E-state index in [4.69, 9.17) is 21.1 Å². The van der Waals surface area contributed by atoms with Crippen molar-refractivity contribution < 1.29 is 9.47 Å². The Kier molecular flexibility index (Phi) is 3.67. The van der Waals surface area contributed by atoms with Gasteiger partial charge in [-0.05, 0) is 23.6 Å². The quantitative estimate of drug-likeness (QED) is 0.664. The van der Waals surface area contributed by atoms with Crippen molar-refractivity contribution in [2.45, 2.75) is 0 Å². The van der Waals surface area contributed by atoms with Crippen LogP contribution < -0.4 is 9.47 Å². The van der Waals surface area contributed by atoms with Crippen molar-refractivity contribution in [1.29, 1.82) is 0 Å². The molecule has 21 heavy (non-hydrogen) atoms. The third-order valence-corrected chi connectivity index (χ3v) is 3.54. The van der Waals surface area contributed by atoms with E-state index in [-0.39, 0.29) is 0 Å². The largest absolute Gasteiger partial charge is 0.493 e. The lowest BCUT2D eigenvalue weighted by Gasteiger charge is -2.12. The van der Waals surface area contributed by atoms with Gasteiger partial charge in [0.05, 0.1) is 19.9 Å². The first kappa shape index (κ1) is 13.7. The van der Waals surface area contributed by atoms with E-state index in [0.29, 0.717) is 16.7 Å². The maximum atomic E-state index is 6.16.